The van der Waals surface area contributed by atoms with Gasteiger partial charge in [-0.1, -0.05) is 29.8 Å². The minimum atomic E-state index is -3.16. The van der Waals surface area contributed by atoms with Gasteiger partial charge in [-0.3, -0.25) is 0 Å². The molecule has 0 aliphatic heterocycles. The van der Waals surface area contributed by atoms with E-state index in [-0.39, 0.29) is 11.2 Å². The quantitative estimate of drug-likeness (QED) is 0.767. The fourth-order valence-electron chi connectivity index (χ4n) is 3.14. The first-order valence-electron chi connectivity index (χ1n) is 6.56. The van der Waals surface area contributed by atoms with Crippen LogP contribution in [0, 0.1) is 18.8 Å². The van der Waals surface area contributed by atoms with Crippen molar-refractivity contribution in [2.24, 2.45) is 11.8 Å². The highest BCUT2D eigenvalue weighted by molar-refractivity contribution is 7.92. The molecule has 4 rings (SSSR count). The van der Waals surface area contributed by atoms with Crippen molar-refractivity contribution in [1.29, 1.82) is 0 Å². The lowest BCUT2D eigenvalue weighted by Gasteiger charge is -2.37. The van der Waals surface area contributed by atoms with E-state index in [1.54, 1.807) is 12.1 Å². The molecule has 18 heavy (non-hydrogen) atoms. The van der Waals surface area contributed by atoms with Crippen LogP contribution in [-0.2, 0) is 9.84 Å². The Balaban J connectivity index is 1.96. The van der Waals surface area contributed by atoms with Gasteiger partial charge in [0.25, 0.3) is 0 Å². The van der Waals surface area contributed by atoms with Crippen molar-refractivity contribution in [3.8, 4) is 0 Å². The monoisotopic (exact) mass is 262 g/mol. The molecule has 1 aromatic carbocycles. The van der Waals surface area contributed by atoms with Crippen LogP contribution >= 0.6 is 0 Å². The average Bonchev–Trinajstić information content (AvgIpc) is 2.40. The molecule has 2 bridgehead atoms. The Bertz CT molecular complexity index is 569. The zero-order chi connectivity index (χ0) is 12.8. The van der Waals surface area contributed by atoms with Crippen LogP contribution in [0.3, 0.4) is 0 Å². The number of fused-ring (bicyclic) bond motifs is 2. The van der Waals surface area contributed by atoms with Gasteiger partial charge >= 0.3 is 0 Å². The van der Waals surface area contributed by atoms with E-state index in [2.05, 4.69) is 12.2 Å². The lowest BCUT2D eigenvalue weighted by Crippen LogP contribution is -2.37. The van der Waals surface area contributed by atoms with Crippen LogP contribution in [0.15, 0.2) is 41.3 Å². The van der Waals surface area contributed by atoms with Gasteiger partial charge in [0.15, 0.2) is 9.84 Å². The third-order valence-electron chi connectivity index (χ3n) is 4.26. The van der Waals surface area contributed by atoms with E-state index in [1.165, 1.54) is 0 Å². The Morgan fingerprint density at radius 3 is 2.28 bits per heavy atom. The first-order chi connectivity index (χ1) is 8.57. The molecule has 3 heteroatoms. The van der Waals surface area contributed by atoms with Gasteiger partial charge in [0.2, 0.25) is 0 Å². The molecule has 0 heterocycles. The summed E-state index contributed by atoms with van der Waals surface area (Å²) in [4.78, 5) is 0.485. The molecule has 1 saturated carbocycles. The SMILES string of the molecule is Cc1ccc(S(=O)(=O)C2C[C@@H]3C=C[C@H]2CC3)cc1. The van der Waals surface area contributed by atoms with Crippen LogP contribution < -0.4 is 0 Å². The second kappa shape index (κ2) is 4.23. The molecule has 3 aliphatic carbocycles. The Morgan fingerprint density at radius 1 is 1.06 bits per heavy atom. The van der Waals surface area contributed by atoms with Crippen LogP contribution in [0.25, 0.3) is 0 Å². The van der Waals surface area contributed by atoms with Gasteiger partial charge in [-0.25, -0.2) is 8.42 Å². The Kier molecular flexibility index (Phi) is 2.81. The summed E-state index contributed by atoms with van der Waals surface area (Å²) in [6.07, 6.45) is 7.30. The number of hydrogen-bond donors (Lipinski definition) is 0. The number of rotatable bonds is 2. The van der Waals surface area contributed by atoms with Crippen molar-refractivity contribution in [1.82, 2.24) is 0 Å². The molecule has 0 N–H and O–H groups in total. The van der Waals surface area contributed by atoms with Crippen molar-refractivity contribution < 1.29 is 8.42 Å². The van der Waals surface area contributed by atoms with E-state index in [4.69, 9.17) is 0 Å². The van der Waals surface area contributed by atoms with Gasteiger partial charge < -0.3 is 0 Å². The highest BCUT2D eigenvalue weighted by Gasteiger charge is 2.40. The van der Waals surface area contributed by atoms with Crippen molar-refractivity contribution in [3.05, 3.63) is 42.0 Å². The summed E-state index contributed by atoms with van der Waals surface area (Å²) in [5.74, 6) is 0.696. The fraction of sp³-hybridized carbons (Fsp3) is 0.467. The third kappa shape index (κ3) is 1.91. The van der Waals surface area contributed by atoms with E-state index in [0.717, 1.165) is 24.8 Å². The molecular formula is C15H18O2S. The minimum absolute atomic E-state index is 0.205. The number of allylic oxidation sites excluding steroid dienone is 2. The molecule has 3 aliphatic rings. The predicted molar refractivity (Wildman–Crippen MR) is 72.1 cm³/mol. The average molecular weight is 262 g/mol. The minimum Gasteiger partial charge on any atom is -0.223 e. The van der Waals surface area contributed by atoms with E-state index >= 15 is 0 Å². The van der Waals surface area contributed by atoms with Crippen LogP contribution in [0.1, 0.15) is 24.8 Å². The van der Waals surface area contributed by atoms with Crippen molar-refractivity contribution in [2.45, 2.75) is 36.3 Å². The maximum Gasteiger partial charge on any atom is 0.181 e. The zero-order valence-corrected chi connectivity index (χ0v) is 11.4. The Morgan fingerprint density at radius 2 is 1.78 bits per heavy atom. The molecule has 96 valence electrons. The lowest BCUT2D eigenvalue weighted by atomic mass is 9.76. The molecular weight excluding hydrogens is 244 g/mol. The smallest absolute Gasteiger partial charge is 0.181 e. The van der Waals surface area contributed by atoms with E-state index < -0.39 is 9.84 Å². The molecule has 0 spiro atoms. The molecule has 0 radical (unpaired) electrons. The Labute approximate surface area is 109 Å². The standard InChI is InChI=1S/C15H18O2S/c1-11-2-8-14(9-3-11)18(16,17)15-10-12-4-6-13(15)7-5-12/h2-4,6,8-9,12-13,15H,5,7,10H2,1H3/t12-,13+,15?/m1/s1. The molecule has 0 saturated heterocycles. The number of aryl methyl sites for hydroxylation is 1. The van der Waals surface area contributed by atoms with Crippen molar-refractivity contribution in [2.75, 3.05) is 0 Å². The topological polar surface area (TPSA) is 34.1 Å². The Hall–Kier alpha value is -1.09. The maximum absolute atomic E-state index is 12.7. The fourth-order valence-corrected chi connectivity index (χ4v) is 5.19. The summed E-state index contributed by atoms with van der Waals surface area (Å²) in [5, 5.41) is -0.205. The molecule has 1 fully saturated rings. The van der Waals surface area contributed by atoms with Gasteiger partial charge in [0.05, 0.1) is 10.1 Å². The molecule has 3 atom stereocenters. The van der Waals surface area contributed by atoms with Crippen LogP contribution in [0.2, 0.25) is 0 Å². The van der Waals surface area contributed by atoms with E-state index in [9.17, 15) is 8.42 Å². The molecule has 2 nitrogen and oxygen atoms in total. The highest BCUT2D eigenvalue weighted by atomic mass is 32.2. The van der Waals surface area contributed by atoms with E-state index in [0.29, 0.717) is 10.8 Å². The molecule has 1 aromatic rings. The van der Waals surface area contributed by atoms with Gasteiger partial charge in [-0.2, -0.15) is 0 Å². The van der Waals surface area contributed by atoms with Crippen LogP contribution in [0.4, 0.5) is 0 Å². The summed E-state index contributed by atoms with van der Waals surface area (Å²) < 4.78 is 25.3. The normalized spacial score (nSPS) is 30.6. The van der Waals surface area contributed by atoms with Gasteiger partial charge in [-0.05, 0) is 50.2 Å². The highest BCUT2D eigenvalue weighted by Crippen LogP contribution is 2.41. The predicted octanol–water partition coefficient (Wildman–Crippen LogP) is 3.12. The number of sulfone groups is 1. The lowest BCUT2D eigenvalue weighted by molar-refractivity contribution is 0.328. The molecule has 0 aromatic heterocycles. The van der Waals surface area contributed by atoms with Crippen LogP contribution in [-0.4, -0.2) is 13.7 Å². The second-order valence-corrected chi connectivity index (χ2v) is 7.69. The van der Waals surface area contributed by atoms with Gasteiger partial charge in [0.1, 0.15) is 0 Å². The number of benzene rings is 1. The molecule has 0 amide bonds. The summed E-state index contributed by atoms with van der Waals surface area (Å²) in [6, 6.07) is 7.25. The summed E-state index contributed by atoms with van der Waals surface area (Å²) >= 11 is 0. The van der Waals surface area contributed by atoms with E-state index in [1.807, 2.05) is 19.1 Å². The summed E-state index contributed by atoms with van der Waals surface area (Å²) in [6.45, 7) is 1.97. The summed E-state index contributed by atoms with van der Waals surface area (Å²) in [7, 11) is -3.16. The van der Waals surface area contributed by atoms with Gasteiger partial charge in [-0.15, -0.1) is 0 Å². The zero-order valence-electron chi connectivity index (χ0n) is 10.5. The summed E-state index contributed by atoms with van der Waals surface area (Å²) in [5.41, 5.74) is 1.10. The first-order valence-corrected chi connectivity index (χ1v) is 8.11. The maximum atomic E-state index is 12.7. The van der Waals surface area contributed by atoms with Crippen molar-refractivity contribution >= 4 is 9.84 Å². The van der Waals surface area contributed by atoms with Crippen molar-refractivity contribution in [3.63, 3.8) is 0 Å². The molecule has 1 unspecified atom stereocenters. The number of hydrogen-bond acceptors (Lipinski definition) is 2. The largest absolute Gasteiger partial charge is 0.223 e. The van der Waals surface area contributed by atoms with Gasteiger partial charge in [0, 0.05) is 0 Å². The third-order valence-corrected chi connectivity index (χ3v) is 6.53. The first kappa shape index (κ1) is 12.0. The van der Waals surface area contributed by atoms with Crippen LogP contribution in [0.5, 0.6) is 0 Å². The second-order valence-electron chi connectivity index (χ2n) is 5.52.